The largest absolute Gasteiger partial charge is 0.309 e. The van der Waals surface area contributed by atoms with E-state index >= 15 is 0 Å². The third-order valence-electron chi connectivity index (χ3n) is 9.67. The summed E-state index contributed by atoms with van der Waals surface area (Å²) in [5, 5.41) is 10.1. The van der Waals surface area contributed by atoms with E-state index < -0.39 is 0 Å². The van der Waals surface area contributed by atoms with E-state index in [2.05, 4.69) is 179 Å². The van der Waals surface area contributed by atoms with Crippen LogP contribution >= 0.6 is 0 Å². The Bertz CT molecular complexity index is 2790. The number of rotatable bonds is 3. The molecule has 10 rings (SSSR count). The van der Waals surface area contributed by atoms with Crippen LogP contribution < -0.4 is 0 Å². The lowest BCUT2D eigenvalue weighted by atomic mass is 10.0. The van der Waals surface area contributed by atoms with Gasteiger partial charge in [-0.15, -0.1) is 0 Å². The van der Waals surface area contributed by atoms with Gasteiger partial charge in [-0.05, 0) is 87.3 Å². The maximum atomic E-state index is 2.43. The minimum atomic E-state index is 1.16. The summed E-state index contributed by atoms with van der Waals surface area (Å²) in [5.74, 6) is 0. The molecule has 214 valence electrons. The average molecular weight is 585 g/mol. The van der Waals surface area contributed by atoms with Crippen molar-refractivity contribution in [2.45, 2.75) is 0 Å². The molecule has 0 spiro atoms. The van der Waals surface area contributed by atoms with Crippen LogP contribution in [0.15, 0.2) is 170 Å². The summed E-state index contributed by atoms with van der Waals surface area (Å²) in [4.78, 5) is 0. The fourth-order valence-electron chi connectivity index (χ4n) is 7.47. The maximum absolute atomic E-state index is 2.43. The summed E-state index contributed by atoms with van der Waals surface area (Å²) in [5.41, 5.74) is 9.66. The Morgan fingerprint density at radius 3 is 1.35 bits per heavy atom. The van der Waals surface area contributed by atoms with E-state index in [1.54, 1.807) is 0 Å². The van der Waals surface area contributed by atoms with Crippen LogP contribution in [0.4, 0.5) is 0 Å². The SMILES string of the molecule is c1ccc2cc(-c3ccc(-n4c5ccccc5c5cc6c(cc54)c4ccccc4n6-c4ccc5ccccc5c4)cc3)ccc2c1. The minimum absolute atomic E-state index is 1.16. The molecule has 0 saturated carbocycles. The Morgan fingerprint density at radius 1 is 0.261 bits per heavy atom. The third-order valence-corrected chi connectivity index (χ3v) is 9.67. The van der Waals surface area contributed by atoms with E-state index in [9.17, 15) is 0 Å². The van der Waals surface area contributed by atoms with Gasteiger partial charge in [0.1, 0.15) is 0 Å². The average Bonchev–Trinajstić information content (AvgIpc) is 3.62. The molecule has 0 saturated heterocycles. The van der Waals surface area contributed by atoms with Crippen LogP contribution in [-0.4, -0.2) is 9.13 Å². The van der Waals surface area contributed by atoms with Crippen molar-refractivity contribution in [2.75, 3.05) is 0 Å². The van der Waals surface area contributed by atoms with Crippen molar-refractivity contribution in [1.82, 2.24) is 9.13 Å². The summed E-state index contributed by atoms with van der Waals surface area (Å²) in [7, 11) is 0. The molecule has 2 heterocycles. The molecular weight excluding hydrogens is 556 g/mol. The summed E-state index contributed by atoms with van der Waals surface area (Å²) in [6.45, 7) is 0. The van der Waals surface area contributed by atoms with Crippen LogP contribution in [0, 0.1) is 0 Å². The summed E-state index contributed by atoms with van der Waals surface area (Å²) >= 11 is 0. The van der Waals surface area contributed by atoms with Gasteiger partial charge in [0, 0.05) is 32.9 Å². The highest BCUT2D eigenvalue weighted by atomic mass is 15.0. The van der Waals surface area contributed by atoms with Gasteiger partial charge in [-0.2, -0.15) is 0 Å². The molecule has 10 aromatic rings. The van der Waals surface area contributed by atoms with Gasteiger partial charge in [-0.25, -0.2) is 0 Å². The normalized spacial score (nSPS) is 11.9. The van der Waals surface area contributed by atoms with Gasteiger partial charge in [-0.3, -0.25) is 0 Å². The van der Waals surface area contributed by atoms with E-state index in [1.807, 2.05) is 0 Å². The van der Waals surface area contributed by atoms with Crippen LogP contribution in [0.25, 0.3) is 87.7 Å². The van der Waals surface area contributed by atoms with Gasteiger partial charge in [-0.1, -0.05) is 115 Å². The Labute approximate surface area is 266 Å². The predicted octanol–water partition coefficient (Wildman–Crippen LogP) is 11.9. The fourth-order valence-corrected chi connectivity index (χ4v) is 7.47. The number of hydrogen-bond donors (Lipinski definition) is 0. The lowest BCUT2D eigenvalue weighted by Crippen LogP contribution is -1.95. The molecule has 0 aliphatic carbocycles. The van der Waals surface area contributed by atoms with E-state index in [0.29, 0.717) is 0 Å². The maximum Gasteiger partial charge on any atom is 0.0548 e. The molecule has 8 aromatic carbocycles. The number of para-hydroxylation sites is 2. The number of hydrogen-bond acceptors (Lipinski definition) is 0. The topological polar surface area (TPSA) is 9.86 Å². The first-order valence-electron chi connectivity index (χ1n) is 15.9. The molecule has 0 amide bonds. The first kappa shape index (κ1) is 25.2. The highest BCUT2D eigenvalue weighted by molar-refractivity contribution is 6.19. The Balaban J connectivity index is 1.20. The summed E-state index contributed by atoms with van der Waals surface area (Å²) in [6, 6.07) is 62.1. The summed E-state index contributed by atoms with van der Waals surface area (Å²) < 4.78 is 4.86. The lowest BCUT2D eigenvalue weighted by molar-refractivity contribution is 1.18. The number of aromatic nitrogens is 2. The molecule has 46 heavy (non-hydrogen) atoms. The van der Waals surface area contributed by atoms with Crippen LogP contribution in [-0.2, 0) is 0 Å². The van der Waals surface area contributed by atoms with Gasteiger partial charge in [0.2, 0.25) is 0 Å². The molecule has 2 nitrogen and oxygen atoms in total. The number of nitrogens with zero attached hydrogens (tertiary/aromatic N) is 2. The molecule has 0 N–H and O–H groups in total. The minimum Gasteiger partial charge on any atom is -0.309 e. The molecule has 2 heteroatoms. The van der Waals surface area contributed by atoms with Crippen molar-refractivity contribution in [2.24, 2.45) is 0 Å². The lowest BCUT2D eigenvalue weighted by Gasteiger charge is -2.11. The van der Waals surface area contributed by atoms with Gasteiger partial charge in [0.15, 0.2) is 0 Å². The Kier molecular flexibility index (Phi) is 5.31. The predicted molar refractivity (Wildman–Crippen MR) is 196 cm³/mol. The van der Waals surface area contributed by atoms with Crippen LogP contribution in [0.2, 0.25) is 0 Å². The molecule has 2 aromatic heterocycles. The van der Waals surface area contributed by atoms with Crippen molar-refractivity contribution in [3.05, 3.63) is 170 Å². The van der Waals surface area contributed by atoms with Gasteiger partial charge in [0.25, 0.3) is 0 Å². The Morgan fingerprint density at radius 2 is 0.717 bits per heavy atom. The first-order chi connectivity index (χ1) is 22.8. The standard InChI is InChI=1S/C44H28N2/c1-3-11-32-25-34(18-17-29(32)9-1)31-19-22-35(23-20-31)45-41-15-7-5-13-37(41)39-28-44-40(27-43(39)45)38-14-6-8-16-42(38)46(44)36-24-21-30-10-2-4-12-33(30)26-36/h1-28H. The number of benzene rings is 8. The van der Waals surface area contributed by atoms with Crippen molar-refractivity contribution >= 4 is 65.2 Å². The highest BCUT2D eigenvalue weighted by Crippen LogP contribution is 2.40. The molecule has 0 atom stereocenters. The molecular formula is C44H28N2. The second-order valence-electron chi connectivity index (χ2n) is 12.2. The van der Waals surface area contributed by atoms with Crippen molar-refractivity contribution < 1.29 is 0 Å². The zero-order valence-electron chi connectivity index (χ0n) is 25.1. The van der Waals surface area contributed by atoms with Crippen molar-refractivity contribution in [3.63, 3.8) is 0 Å². The van der Waals surface area contributed by atoms with Gasteiger partial charge in [0.05, 0.1) is 22.1 Å². The van der Waals surface area contributed by atoms with E-state index in [4.69, 9.17) is 0 Å². The monoisotopic (exact) mass is 584 g/mol. The van der Waals surface area contributed by atoms with E-state index in [-0.39, 0.29) is 0 Å². The molecule has 0 radical (unpaired) electrons. The van der Waals surface area contributed by atoms with Crippen LogP contribution in [0.3, 0.4) is 0 Å². The van der Waals surface area contributed by atoms with Gasteiger partial charge >= 0.3 is 0 Å². The van der Waals surface area contributed by atoms with E-state index in [0.717, 1.165) is 5.69 Å². The highest BCUT2D eigenvalue weighted by Gasteiger charge is 2.18. The van der Waals surface area contributed by atoms with E-state index in [1.165, 1.54) is 82.0 Å². The molecule has 0 fully saturated rings. The second-order valence-corrected chi connectivity index (χ2v) is 12.2. The zero-order chi connectivity index (χ0) is 30.2. The first-order valence-corrected chi connectivity index (χ1v) is 15.9. The molecule has 0 unspecified atom stereocenters. The smallest absolute Gasteiger partial charge is 0.0548 e. The van der Waals surface area contributed by atoms with Crippen molar-refractivity contribution in [1.29, 1.82) is 0 Å². The second kappa shape index (κ2) is 9.69. The third kappa shape index (κ3) is 3.71. The van der Waals surface area contributed by atoms with Gasteiger partial charge < -0.3 is 9.13 Å². The Hall–Kier alpha value is -6.12. The van der Waals surface area contributed by atoms with Crippen molar-refractivity contribution in [3.8, 4) is 22.5 Å². The number of fused-ring (bicyclic) bond motifs is 8. The molecule has 0 aliphatic heterocycles. The van der Waals surface area contributed by atoms with Crippen LogP contribution in [0.5, 0.6) is 0 Å². The molecule has 0 bridgehead atoms. The fraction of sp³-hybridized carbons (Fsp3) is 0. The zero-order valence-corrected chi connectivity index (χ0v) is 25.1. The summed E-state index contributed by atoms with van der Waals surface area (Å²) in [6.07, 6.45) is 0. The van der Waals surface area contributed by atoms with Crippen LogP contribution in [0.1, 0.15) is 0 Å². The quantitative estimate of drug-likeness (QED) is 0.195. The molecule has 0 aliphatic rings.